The molecule has 1 aromatic rings. The van der Waals surface area contributed by atoms with Crippen molar-refractivity contribution in [2.24, 2.45) is 10.9 Å². The number of hydrogen-bond donors (Lipinski definition) is 2. The summed E-state index contributed by atoms with van der Waals surface area (Å²) in [7, 11) is -1.31. The SMILES string of the molecule is CN=C(NCCCNS(C)(=O)=O)N1CCC(CSc2ccccc2)C1. The number of thioether (sulfide) groups is 1. The van der Waals surface area contributed by atoms with Crippen LogP contribution in [0.3, 0.4) is 0 Å². The highest BCUT2D eigenvalue weighted by Crippen LogP contribution is 2.25. The predicted molar refractivity (Wildman–Crippen MR) is 106 cm³/mol. The van der Waals surface area contributed by atoms with Gasteiger partial charge in [-0.25, -0.2) is 13.1 Å². The number of aliphatic imine (C=N–C) groups is 1. The van der Waals surface area contributed by atoms with Gasteiger partial charge in [0, 0.05) is 43.9 Å². The molecule has 0 amide bonds. The summed E-state index contributed by atoms with van der Waals surface area (Å²) in [5.41, 5.74) is 0. The Labute approximate surface area is 155 Å². The molecule has 1 unspecified atom stereocenters. The van der Waals surface area contributed by atoms with E-state index >= 15 is 0 Å². The molecule has 2 N–H and O–H groups in total. The van der Waals surface area contributed by atoms with Crippen LogP contribution in [0.4, 0.5) is 0 Å². The summed E-state index contributed by atoms with van der Waals surface area (Å²) in [6, 6.07) is 10.5. The summed E-state index contributed by atoms with van der Waals surface area (Å²) in [6.07, 6.45) is 3.08. The molecule has 25 heavy (non-hydrogen) atoms. The van der Waals surface area contributed by atoms with Crippen molar-refractivity contribution in [1.82, 2.24) is 14.9 Å². The van der Waals surface area contributed by atoms with Crippen molar-refractivity contribution in [3.8, 4) is 0 Å². The second-order valence-corrected chi connectivity index (χ2v) is 9.15. The summed E-state index contributed by atoms with van der Waals surface area (Å²) in [4.78, 5) is 7.97. The van der Waals surface area contributed by atoms with Crippen molar-refractivity contribution in [2.45, 2.75) is 17.7 Å². The lowest BCUT2D eigenvalue weighted by Gasteiger charge is -2.21. The largest absolute Gasteiger partial charge is 0.356 e. The van der Waals surface area contributed by atoms with E-state index in [4.69, 9.17) is 0 Å². The van der Waals surface area contributed by atoms with Crippen LogP contribution in [0.25, 0.3) is 0 Å². The van der Waals surface area contributed by atoms with Crippen LogP contribution >= 0.6 is 11.8 Å². The van der Waals surface area contributed by atoms with E-state index in [-0.39, 0.29) is 0 Å². The highest BCUT2D eigenvalue weighted by molar-refractivity contribution is 7.99. The Hall–Kier alpha value is -1.25. The van der Waals surface area contributed by atoms with E-state index in [2.05, 4.69) is 44.2 Å². The normalized spacial score (nSPS) is 18.6. The predicted octanol–water partition coefficient (Wildman–Crippen LogP) is 1.62. The maximum atomic E-state index is 11.0. The Balaban J connectivity index is 1.68. The van der Waals surface area contributed by atoms with Gasteiger partial charge in [0.2, 0.25) is 10.0 Å². The third-order valence-electron chi connectivity index (χ3n) is 4.03. The molecular formula is C17H28N4O2S2. The van der Waals surface area contributed by atoms with Gasteiger partial charge in [0.25, 0.3) is 0 Å². The van der Waals surface area contributed by atoms with Crippen LogP contribution in [0.2, 0.25) is 0 Å². The molecule has 0 aromatic heterocycles. The van der Waals surface area contributed by atoms with Gasteiger partial charge in [0.05, 0.1) is 6.26 Å². The number of sulfonamides is 1. The third-order valence-corrected chi connectivity index (χ3v) is 6.00. The van der Waals surface area contributed by atoms with Crippen LogP contribution in [0.1, 0.15) is 12.8 Å². The van der Waals surface area contributed by atoms with E-state index in [1.807, 2.05) is 17.8 Å². The van der Waals surface area contributed by atoms with Crippen molar-refractivity contribution in [3.05, 3.63) is 30.3 Å². The molecule has 8 heteroatoms. The van der Waals surface area contributed by atoms with Gasteiger partial charge < -0.3 is 10.2 Å². The molecule has 1 atom stereocenters. The summed E-state index contributed by atoms with van der Waals surface area (Å²) < 4.78 is 24.6. The number of likely N-dealkylation sites (tertiary alicyclic amines) is 1. The smallest absolute Gasteiger partial charge is 0.208 e. The lowest BCUT2D eigenvalue weighted by molar-refractivity contribution is 0.473. The zero-order valence-corrected chi connectivity index (χ0v) is 16.6. The molecular weight excluding hydrogens is 356 g/mol. The van der Waals surface area contributed by atoms with Gasteiger partial charge in [-0.05, 0) is 30.9 Å². The fourth-order valence-electron chi connectivity index (χ4n) is 2.77. The Morgan fingerprint density at radius 1 is 1.32 bits per heavy atom. The van der Waals surface area contributed by atoms with Crippen LogP contribution in [0.5, 0.6) is 0 Å². The molecule has 1 aliphatic rings. The summed E-state index contributed by atoms with van der Waals surface area (Å²) >= 11 is 1.91. The first-order chi connectivity index (χ1) is 12.0. The number of guanidine groups is 1. The quantitative estimate of drug-likeness (QED) is 0.308. The molecule has 2 rings (SSSR count). The van der Waals surface area contributed by atoms with Gasteiger partial charge in [0.15, 0.2) is 5.96 Å². The summed E-state index contributed by atoms with van der Waals surface area (Å²) in [5.74, 6) is 2.69. The molecule has 1 saturated heterocycles. The molecule has 6 nitrogen and oxygen atoms in total. The van der Waals surface area contributed by atoms with Crippen LogP contribution in [0, 0.1) is 5.92 Å². The van der Waals surface area contributed by atoms with Crippen molar-refractivity contribution in [2.75, 3.05) is 45.2 Å². The summed E-state index contributed by atoms with van der Waals surface area (Å²) in [6.45, 7) is 3.18. The first-order valence-electron chi connectivity index (χ1n) is 8.56. The molecule has 1 aromatic carbocycles. The van der Waals surface area contributed by atoms with Crippen LogP contribution < -0.4 is 10.0 Å². The highest BCUT2D eigenvalue weighted by Gasteiger charge is 2.24. The molecule has 1 aliphatic heterocycles. The van der Waals surface area contributed by atoms with Crippen LogP contribution in [-0.2, 0) is 10.0 Å². The van der Waals surface area contributed by atoms with E-state index in [9.17, 15) is 8.42 Å². The maximum Gasteiger partial charge on any atom is 0.208 e. The van der Waals surface area contributed by atoms with Gasteiger partial charge in [-0.3, -0.25) is 4.99 Å². The van der Waals surface area contributed by atoms with E-state index in [0.717, 1.165) is 31.2 Å². The molecule has 1 fully saturated rings. The van der Waals surface area contributed by atoms with Crippen molar-refractivity contribution < 1.29 is 8.42 Å². The van der Waals surface area contributed by atoms with Gasteiger partial charge in [-0.1, -0.05) is 18.2 Å². The number of hydrogen-bond acceptors (Lipinski definition) is 4. The lowest BCUT2D eigenvalue weighted by atomic mass is 10.2. The molecule has 0 spiro atoms. The van der Waals surface area contributed by atoms with Crippen molar-refractivity contribution in [1.29, 1.82) is 0 Å². The highest BCUT2D eigenvalue weighted by atomic mass is 32.2. The third kappa shape index (κ3) is 7.66. The van der Waals surface area contributed by atoms with E-state index < -0.39 is 10.0 Å². The molecule has 0 aliphatic carbocycles. The van der Waals surface area contributed by atoms with E-state index in [1.54, 1.807) is 7.05 Å². The number of nitrogens with one attached hydrogen (secondary N) is 2. The zero-order valence-electron chi connectivity index (χ0n) is 14.9. The number of benzene rings is 1. The molecule has 0 saturated carbocycles. The average Bonchev–Trinajstić information content (AvgIpc) is 3.05. The second-order valence-electron chi connectivity index (χ2n) is 6.22. The Kier molecular flexibility index (Phi) is 8.05. The lowest BCUT2D eigenvalue weighted by Crippen LogP contribution is -2.41. The standard InChI is InChI=1S/C17H28N4O2S2/c1-18-17(19-10-6-11-20-25(2,22)23)21-12-9-15(13-21)14-24-16-7-4-3-5-8-16/h3-5,7-8,15,20H,6,9-14H2,1-2H3,(H,18,19). The van der Waals surface area contributed by atoms with Gasteiger partial charge >= 0.3 is 0 Å². The van der Waals surface area contributed by atoms with E-state index in [0.29, 0.717) is 19.0 Å². The number of rotatable bonds is 8. The number of nitrogens with zero attached hydrogens (tertiary/aromatic N) is 2. The fourth-order valence-corrected chi connectivity index (χ4v) is 4.34. The second kappa shape index (κ2) is 10.0. The van der Waals surface area contributed by atoms with Crippen molar-refractivity contribution >= 4 is 27.7 Å². The minimum Gasteiger partial charge on any atom is -0.356 e. The molecule has 1 heterocycles. The van der Waals surface area contributed by atoms with Crippen molar-refractivity contribution in [3.63, 3.8) is 0 Å². The zero-order chi connectivity index (χ0) is 18.1. The molecule has 140 valence electrons. The van der Waals surface area contributed by atoms with Gasteiger partial charge in [0.1, 0.15) is 0 Å². The minimum absolute atomic E-state index is 0.444. The minimum atomic E-state index is -3.10. The fraction of sp³-hybridized carbons (Fsp3) is 0.588. The maximum absolute atomic E-state index is 11.0. The first-order valence-corrected chi connectivity index (χ1v) is 11.4. The monoisotopic (exact) mass is 384 g/mol. The molecule has 0 bridgehead atoms. The Morgan fingerprint density at radius 2 is 2.08 bits per heavy atom. The Bertz CT molecular complexity index is 650. The first kappa shape index (κ1) is 20.1. The van der Waals surface area contributed by atoms with E-state index in [1.165, 1.54) is 17.6 Å². The molecule has 0 radical (unpaired) electrons. The van der Waals surface area contributed by atoms with Crippen LogP contribution in [-0.4, -0.2) is 64.5 Å². The topological polar surface area (TPSA) is 73.8 Å². The van der Waals surface area contributed by atoms with Gasteiger partial charge in [-0.15, -0.1) is 11.8 Å². The van der Waals surface area contributed by atoms with Crippen LogP contribution in [0.15, 0.2) is 40.2 Å². The van der Waals surface area contributed by atoms with Gasteiger partial charge in [-0.2, -0.15) is 0 Å². The summed E-state index contributed by atoms with van der Waals surface area (Å²) in [5, 5.41) is 3.33. The average molecular weight is 385 g/mol. The Morgan fingerprint density at radius 3 is 2.76 bits per heavy atom.